The molecule has 1 aromatic carbocycles. The van der Waals surface area contributed by atoms with Crippen molar-refractivity contribution in [1.29, 1.82) is 0 Å². The lowest BCUT2D eigenvalue weighted by Gasteiger charge is -2.21. The molecule has 1 N–H and O–H groups in total. The minimum absolute atomic E-state index is 0.544. The fourth-order valence-electron chi connectivity index (χ4n) is 1.41. The first-order valence-corrected chi connectivity index (χ1v) is 5.46. The molecule has 1 heteroatoms. The van der Waals surface area contributed by atoms with E-state index in [-0.39, 0.29) is 0 Å². The number of hydrogen-bond acceptors (Lipinski definition) is 1. The maximum absolute atomic E-state index is 3.52. The zero-order chi connectivity index (χ0) is 10.6. The van der Waals surface area contributed by atoms with Gasteiger partial charge in [-0.05, 0) is 31.9 Å². The van der Waals surface area contributed by atoms with Crippen molar-refractivity contribution in [1.82, 2.24) is 0 Å². The number of rotatable bonds is 4. The summed E-state index contributed by atoms with van der Waals surface area (Å²) in [5, 5.41) is 3.52. The van der Waals surface area contributed by atoms with E-state index in [1.807, 2.05) is 0 Å². The van der Waals surface area contributed by atoms with Gasteiger partial charge in [0.2, 0.25) is 0 Å². The van der Waals surface area contributed by atoms with Crippen LogP contribution in [0.1, 0.15) is 32.8 Å². The van der Waals surface area contributed by atoms with Crippen LogP contribution in [0.3, 0.4) is 0 Å². The van der Waals surface area contributed by atoms with Gasteiger partial charge in [0, 0.05) is 11.7 Å². The molecule has 0 spiro atoms. The first-order valence-electron chi connectivity index (χ1n) is 5.46. The number of anilines is 1. The van der Waals surface area contributed by atoms with Gasteiger partial charge in [-0.3, -0.25) is 0 Å². The van der Waals surface area contributed by atoms with Crippen molar-refractivity contribution in [2.45, 2.75) is 40.2 Å². The van der Waals surface area contributed by atoms with Crippen LogP contribution in [-0.2, 0) is 0 Å². The Kier molecular flexibility index (Phi) is 3.99. The second kappa shape index (κ2) is 5.04. The van der Waals surface area contributed by atoms with E-state index in [0.29, 0.717) is 6.04 Å². The van der Waals surface area contributed by atoms with Crippen molar-refractivity contribution in [3.05, 3.63) is 29.8 Å². The van der Waals surface area contributed by atoms with Crippen molar-refractivity contribution in [3.63, 3.8) is 0 Å². The van der Waals surface area contributed by atoms with Gasteiger partial charge >= 0.3 is 0 Å². The highest BCUT2D eigenvalue weighted by Crippen LogP contribution is 2.15. The first-order chi connectivity index (χ1) is 6.63. The summed E-state index contributed by atoms with van der Waals surface area (Å²) in [5.41, 5.74) is 2.54. The topological polar surface area (TPSA) is 12.0 Å². The van der Waals surface area contributed by atoms with Crippen molar-refractivity contribution in [3.8, 4) is 0 Å². The predicted octanol–water partition coefficient (Wildman–Crippen LogP) is 3.84. The molecule has 14 heavy (non-hydrogen) atoms. The van der Waals surface area contributed by atoms with Gasteiger partial charge in [-0.2, -0.15) is 0 Å². The lowest BCUT2D eigenvalue weighted by molar-refractivity contribution is 0.494. The molecule has 0 fully saturated rings. The zero-order valence-corrected chi connectivity index (χ0v) is 9.67. The van der Waals surface area contributed by atoms with E-state index in [4.69, 9.17) is 0 Å². The van der Waals surface area contributed by atoms with Crippen LogP contribution < -0.4 is 5.32 Å². The lowest BCUT2D eigenvalue weighted by Crippen LogP contribution is -2.23. The molecular weight excluding hydrogens is 170 g/mol. The molecule has 2 atom stereocenters. The standard InChI is InChI=1S/C13H21N/c1-5-11(3)12(4)14-13-8-6-10(2)7-9-13/h6-9,11-12,14H,5H2,1-4H3/t11-,12-/m1/s1. The summed E-state index contributed by atoms with van der Waals surface area (Å²) in [6, 6.07) is 9.13. The number of benzene rings is 1. The maximum Gasteiger partial charge on any atom is 0.0342 e. The second-order valence-electron chi connectivity index (χ2n) is 4.18. The molecule has 0 bridgehead atoms. The van der Waals surface area contributed by atoms with E-state index < -0.39 is 0 Å². The summed E-state index contributed by atoms with van der Waals surface area (Å²) in [6.45, 7) is 8.87. The Morgan fingerprint density at radius 2 is 1.71 bits per heavy atom. The van der Waals surface area contributed by atoms with E-state index in [1.54, 1.807) is 0 Å². The minimum atomic E-state index is 0.544. The summed E-state index contributed by atoms with van der Waals surface area (Å²) in [5.74, 6) is 0.719. The average Bonchev–Trinajstić information content (AvgIpc) is 2.20. The molecule has 0 saturated carbocycles. The Labute approximate surface area is 87.5 Å². The Morgan fingerprint density at radius 1 is 1.14 bits per heavy atom. The molecule has 0 amide bonds. The van der Waals surface area contributed by atoms with E-state index in [9.17, 15) is 0 Å². The molecule has 0 heterocycles. The minimum Gasteiger partial charge on any atom is -0.382 e. The Morgan fingerprint density at radius 3 is 2.21 bits per heavy atom. The molecule has 1 rings (SSSR count). The second-order valence-corrected chi connectivity index (χ2v) is 4.18. The highest BCUT2D eigenvalue weighted by molar-refractivity contribution is 5.45. The summed E-state index contributed by atoms with van der Waals surface area (Å²) < 4.78 is 0. The van der Waals surface area contributed by atoms with Gasteiger partial charge in [-0.15, -0.1) is 0 Å². The molecule has 0 aliphatic heterocycles. The lowest BCUT2D eigenvalue weighted by atomic mass is 10.0. The summed E-state index contributed by atoms with van der Waals surface area (Å²) >= 11 is 0. The zero-order valence-electron chi connectivity index (χ0n) is 9.67. The fraction of sp³-hybridized carbons (Fsp3) is 0.538. The number of nitrogens with one attached hydrogen (secondary N) is 1. The monoisotopic (exact) mass is 191 g/mol. The molecule has 1 aromatic rings. The Balaban J connectivity index is 2.56. The van der Waals surface area contributed by atoms with Crippen molar-refractivity contribution >= 4 is 5.69 Å². The number of aryl methyl sites for hydroxylation is 1. The van der Waals surface area contributed by atoms with Gasteiger partial charge in [-0.25, -0.2) is 0 Å². The molecular formula is C13H21N. The molecule has 0 aliphatic rings. The van der Waals surface area contributed by atoms with Gasteiger partial charge in [0.25, 0.3) is 0 Å². The van der Waals surface area contributed by atoms with Crippen LogP contribution in [0.2, 0.25) is 0 Å². The molecule has 0 unspecified atom stereocenters. The van der Waals surface area contributed by atoms with Crippen molar-refractivity contribution in [2.75, 3.05) is 5.32 Å². The highest BCUT2D eigenvalue weighted by Gasteiger charge is 2.08. The van der Waals surface area contributed by atoms with Gasteiger partial charge in [0.15, 0.2) is 0 Å². The highest BCUT2D eigenvalue weighted by atomic mass is 14.9. The third-order valence-electron chi connectivity index (χ3n) is 2.94. The third kappa shape index (κ3) is 3.06. The van der Waals surface area contributed by atoms with Gasteiger partial charge in [0.05, 0.1) is 0 Å². The molecule has 0 aromatic heterocycles. The largest absolute Gasteiger partial charge is 0.382 e. The molecule has 0 aliphatic carbocycles. The van der Waals surface area contributed by atoms with Crippen molar-refractivity contribution in [2.24, 2.45) is 5.92 Å². The molecule has 1 nitrogen and oxygen atoms in total. The van der Waals surface area contributed by atoms with Gasteiger partial charge in [0.1, 0.15) is 0 Å². The number of hydrogen-bond donors (Lipinski definition) is 1. The molecule has 78 valence electrons. The average molecular weight is 191 g/mol. The maximum atomic E-state index is 3.52. The molecule has 0 radical (unpaired) electrons. The van der Waals surface area contributed by atoms with Crippen LogP contribution in [0.5, 0.6) is 0 Å². The van der Waals surface area contributed by atoms with E-state index in [1.165, 1.54) is 17.7 Å². The van der Waals surface area contributed by atoms with Crippen molar-refractivity contribution < 1.29 is 0 Å². The van der Waals surface area contributed by atoms with Gasteiger partial charge in [-0.1, -0.05) is 38.0 Å². The fourth-order valence-corrected chi connectivity index (χ4v) is 1.41. The van der Waals surface area contributed by atoms with Crippen LogP contribution >= 0.6 is 0 Å². The van der Waals surface area contributed by atoms with Crippen LogP contribution in [0.25, 0.3) is 0 Å². The smallest absolute Gasteiger partial charge is 0.0342 e. The van der Waals surface area contributed by atoms with Crippen LogP contribution in [0.15, 0.2) is 24.3 Å². The van der Waals surface area contributed by atoms with E-state index in [2.05, 4.69) is 57.3 Å². The summed E-state index contributed by atoms with van der Waals surface area (Å²) in [6.07, 6.45) is 1.22. The SMILES string of the molecule is CC[C@@H](C)[C@@H](C)Nc1ccc(C)cc1. The van der Waals surface area contributed by atoms with Crippen LogP contribution in [0, 0.1) is 12.8 Å². The summed E-state index contributed by atoms with van der Waals surface area (Å²) in [7, 11) is 0. The first kappa shape index (κ1) is 11.1. The Bertz CT molecular complexity index is 263. The van der Waals surface area contributed by atoms with Crippen LogP contribution in [-0.4, -0.2) is 6.04 Å². The van der Waals surface area contributed by atoms with Gasteiger partial charge < -0.3 is 5.32 Å². The summed E-state index contributed by atoms with van der Waals surface area (Å²) in [4.78, 5) is 0. The predicted molar refractivity (Wildman–Crippen MR) is 63.7 cm³/mol. The quantitative estimate of drug-likeness (QED) is 0.762. The van der Waals surface area contributed by atoms with E-state index >= 15 is 0 Å². The normalized spacial score (nSPS) is 14.9. The van der Waals surface area contributed by atoms with E-state index in [0.717, 1.165) is 5.92 Å². The van der Waals surface area contributed by atoms with Crippen LogP contribution in [0.4, 0.5) is 5.69 Å². The molecule has 0 saturated heterocycles. The third-order valence-corrected chi connectivity index (χ3v) is 2.94. The Hall–Kier alpha value is -0.980.